The smallest absolute Gasteiger partial charge is 0.336 e. The largest absolute Gasteiger partial charge is 0.508 e. The number of carboxylic acid groups (broad SMARTS) is 1. The first-order chi connectivity index (χ1) is 10.6. The van der Waals surface area contributed by atoms with Gasteiger partial charge in [0, 0.05) is 5.56 Å². The molecule has 5 heteroatoms. The van der Waals surface area contributed by atoms with E-state index in [1.165, 1.54) is 32.4 Å². The fourth-order valence-electron chi connectivity index (χ4n) is 2.12. The maximum Gasteiger partial charge on any atom is 0.336 e. The molecule has 2 aromatic rings. The van der Waals surface area contributed by atoms with Gasteiger partial charge in [-0.1, -0.05) is 24.3 Å². The Morgan fingerprint density at radius 3 is 2.41 bits per heavy atom. The fourth-order valence-corrected chi connectivity index (χ4v) is 2.12. The van der Waals surface area contributed by atoms with Crippen molar-refractivity contribution in [1.82, 2.24) is 0 Å². The zero-order valence-electron chi connectivity index (χ0n) is 12.2. The van der Waals surface area contributed by atoms with Gasteiger partial charge < -0.3 is 19.7 Å². The molecule has 0 radical (unpaired) electrons. The van der Waals surface area contributed by atoms with Crippen molar-refractivity contribution in [3.8, 4) is 17.2 Å². The van der Waals surface area contributed by atoms with Crippen LogP contribution in [0.25, 0.3) is 11.6 Å². The van der Waals surface area contributed by atoms with E-state index in [4.69, 9.17) is 9.47 Å². The molecule has 0 fully saturated rings. The van der Waals surface area contributed by atoms with Crippen LogP contribution in [0.3, 0.4) is 0 Å². The third-order valence-corrected chi connectivity index (χ3v) is 3.12. The predicted molar refractivity (Wildman–Crippen MR) is 83.2 cm³/mol. The molecular weight excluding hydrogens is 284 g/mol. The highest BCUT2D eigenvalue weighted by molar-refractivity contribution is 6.21. The number of aromatic hydroxyl groups is 1. The standard InChI is InChI=1S/C17H16O5/c1-21-15-8-4-6-12(16(15)22-2)10-14(17(19)20)11-5-3-7-13(18)9-11/h3-10,18H,1-2H3,(H,19,20)/b14-10-. The molecule has 0 aromatic heterocycles. The number of benzene rings is 2. The van der Waals surface area contributed by atoms with Gasteiger partial charge in [-0.25, -0.2) is 4.79 Å². The second-order valence-corrected chi connectivity index (χ2v) is 4.50. The molecule has 2 N–H and O–H groups in total. The van der Waals surface area contributed by atoms with Gasteiger partial charge in [-0.3, -0.25) is 0 Å². The summed E-state index contributed by atoms with van der Waals surface area (Å²) < 4.78 is 10.5. The second-order valence-electron chi connectivity index (χ2n) is 4.50. The Kier molecular flexibility index (Phi) is 4.68. The van der Waals surface area contributed by atoms with Crippen LogP contribution >= 0.6 is 0 Å². The Labute approximate surface area is 128 Å². The van der Waals surface area contributed by atoms with Gasteiger partial charge in [-0.05, 0) is 29.8 Å². The highest BCUT2D eigenvalue weighted by atomic mass is 16.5. The molecule has 0 atom stereocenters. The highest BCUT2D eigenvalue weighted by Crippen LogP contribution is 2.33. The average Bonchev–Trinajstić information content (AvgIpc) is 2.51. The number of phenolic OH excluding ortho intramolecular Hbond substituents is 1. The quantitative estimate of drug-likeness (QED) is 0.655. The van der Waals surface area contributed by atoms with Crippen LogP contribution in [0, 0.1) is 0 Å². The molecule has 0 aliphatic heterocycles. The summed E-state index contributed by atoms with van der Waals surface area (Å²) in [4.78, 5) is 11.5. The third kappa shape index (κ3) is 3.20. The Hall–Kier alpha value is -2.95. The first-order valence-corrected chi connectivity index (χ1v) is 6.52. The molecule has 0 amide bonds. The molecule has 0 heterocycles. The second kappa shape index (κ2) is 6.67. The van der Waals surface area contributed by atoms with Gasteiger partial charge in [0.2, 0.25) is 0 Å². The maximum absolute atomic E-state index is 11.5. The number of hydrogen-bond donors (Lipinski definition) is 2. The summed E-state index contributed by atoms with van der Waals surface area (Å²) in [5, 5.41) is 19.0. The predicted octanol–water partition coefficient (Wildman–Crippen LogP) is 3.03. The zero-order chi connectivity index (χ0) is 16.1. The van der Waals surface area contributed by atoms with Crippen molar-refractivity contribution in [3.63, 3.8) is 0 Å². The van der Waals surface area contributed by atoms with Crippen LogP contribution in [0.2, 0.25) is 0 Å². The lowest BCUT2D eigenvalue weighted by Crippen LogP contribution is -2.00. The number of phenols is 1. The summed E-state index contributed by atoms with van der Waals surface area (Å²) in [6.45, 7) is 0. The van der Waals surface area contributed by atoms with Crippen LogP contribution in [-0.4, -0.2) is 30.4 Å². The minimum atomic E-state index is -1.10. The fraction of sp³-hybridized carbons (Fsp3) is 0.118. The molecule has 0 aliphatic rings. The van der Waals surface area contributed by atoms with Crippen LogP contribution < -0.4 is 9.47 Å². The Balaban J connectivity index is 2.59. The number of ether oxygens (including phenoxy) is 2. The number of aliphatic carboxylic acids is 1. The van der Waals surface area contributed by atoms with E-state index in [1.807, 2.05) is 0 Å². The molecular formula is C17H16O5. The van der Waals surface area contributed by atoms with E-state index in [1.54, 1.807) is 30.3 Å². The van der Waals surface area contributed by atoms with E-state index in [0.29, 0.717) is 22.6 Å². The minimum Gasteiger partial charge on any atom is -0.508 e. The van der Waals surface area contributed by atoms with Crippen LogP contribution in [0.1, 0.15) is 11.1 Å². The van der Waals surface area contributed by atoms with Gasteiger partial charge in [-0.2, -0.15) is 0 Å². The summed E-state index contributed by atoms with van der Waals surface area (Å²) in [6, 6.07) is 11.3. The summed E-state index contributed by atoms with van der Waals surface area (Å²) in [6.07, 6.45) is 1.48. The van der Waals surface area contributed by atoms with E-state index in [0.717, 1.165) is 0 Å². The summed E-state index contributed by atoms with van der Waals surface area (Å²) in [7, 11) is 3.00. The number of hydrogen-bond acceptors (Lipinski definition) is 4. The van der Waals surface area contributed by atoms with Crippen LogP contribution in [-0.2, 0) is 4.79 Å². The van der Waals surface area contributed by atoms with E-state index < -0.39 is 5.97 Å². The number of methoxy groups -OCH3 is 2. The lowest BCUT2D eigenvalue weighted by Gasteiger charge is -2.11. The molecule has 114 valence electrons. The molecule has 22 heavy (non-hydrogen) atoms. The van der Waals surface area contributed by atoms with Crippen LogP contribution in [0.15, 0.2) is 42.5 Å². The SMILES string of the molecule is COc1cccc(/C=C(\C(=O)O)c2cccc(O)c2)c1OC. The topological polar surface area (TPSA) is 76.0 Å². The number of carbonyl (C=O) groups is 1. The molecule has 0 saturated heterocycles. The lowest BCUT2D eigenvalue weighted by atomic mass is 10.0. The monoisotopic (exact) mass is 300 g/mol. The summed E-state index contributed by atoms with van der Waals surface area (Å²) in [5.74, 6) is -0.140. The Morgan fingerprint density at radius 2 is 1.82 bits per heavy atom. The van der Waals surface area contributed by atoms with Gasteiger partial charge in [0.25, 0.3) is 0 Å². The van der Waals surface area contributed by atoms with Crippen molar-refractivity contribution in [2.24, 2.45) is 0 Å². The van der Waals surface area contributed by atoms with Crippen molar-refractivity contribution in [1.29, 1.82) is 0 Å². The average molecular weight is 300 g/mol. The van der Waals surface area contributed by atoms with Crippen LogP contribution in [0.5, 0.6) is 17.2 Å². The van der Waals surface area contributed by atoms with Gasteiger partial charge in [0.05, 0.1) is 19.8 Å². The van der Waals surface area contributed by atoms with Crippen molar-refractivity contribution < 1.29 is 24.5 Å². The zero-order valence-corrected chi connectivity index (χ0v) is 12.2. The normalized spacial score (nSPS) is 11.1. The first-order valence-electron chi connectivity index (χ1n) is 6.52. The van der Waals surface area contributed by atoms with Gasteiger partial charge in [0.1, 0.15) is 5.75 Å². The van der Waals surface area contributed by atoms with Gasteiger partial charge in [-0.15, -0.1) is 0 Å². The number of rotatable bonds is 5. The molecule has 5 nitrogen and oxygen atoms in total. The van der Waals surface area contributed by atoms with E-state index in [2.05, 4.69) is 0 Å². The molecule has 0 unspecified atom stereocenters. The maximum atomic E-state index is 11.5. The van der Waals surface area contributed by atoms with Crippen molar-refractivity contribution in [2.45, 2.75) is 0 Å². The first kappa shape index (κ1) is 15.4. The van der Waals surface area contributed by atoms with Gasteiger partial charge in [0.15, 0.2) is 11.5 Å². The van der Waals surface area contributed by atoms with E-state index in [-0.39, 0.29) is 11.3 Å². The molecule has 0 aliphatic carbocycles. The summed E-state index contributed by atoms with van der Waals surface area (Å²) in [5.41, 5.74) is 1.02. The molecule has 0 spiro atoms. The Morgan fingerprint density at radius 1 is 1.09 bits per heavy atom. The number of para-hydroxylation sites is 1. The molecule has 0 saturated carbocycles. The Bertz CT molecular complexity index is 719. The van der Waals surface area contributed by atoms with E-state index >= 15 is 0 Å². The van der Waals surface area contributed by atoms with Crippen molar-refractivity contribution in [3.05, 3.63) is 53.6 Å². The molecule has 0 bridgehead atoms. The van der Waals surface area contributed by atoms with Gasteiger partial charge >= 0.3 is 5.97 Å². The van der Waals surface area contributed by atoms with Crippen molar-refractivity contribution in [2.75, 3.05) is 14.2 Å². The van der Waals surface area contributed by atoms with E-state index in [9.17, 15) is 15.0 Å². The van der Waals surface area contributed by atoms with Crippen LogP contribution in [0.4, 0.5) is 0 Å². The molecule has 2 aromatic carbocycles. The number of carboxylic acids is 1. The summed E-state index contributed by atoms with van der Waals surface area (Å²) >= 11 is 0. The van der Waals surface area contributed by atoms with Crippen molar-refractivity contribution >= 4 is 17.6 Å². The minimum absolute atomic E-state index is 0.00209. The third-order valence-electron chi connectivity index (χ3n) is 3.12. The molecule has 2 rings (SSSR count). The lowest BCUT2D eigenvalue weighted by molar-refractivity contribution is -0.130. The highest BCUT2D eigenvalue weighted by Gasteiger charge is 2.14.